The molecule has 0 radical (unpaired) electrons. The molecule has 2 aromatic rings. The number of hydrogen-bond donors (Lipinski definition) is 2. The summed E-state index contributed by atoms with van der Waals surface area (Å²) in [6, 6.07) is 12.4. The Labute approximate surface area is 139 Å². The molecule has 0 spiro atoms. The van der Waals surface area contributed by atoms with Crippen molar-refractivity contribution >= 4 is 39.0 Å². The summed E-state index contributed by atoms with van der Waals surface area (Å²) in [6.07, 6.45) is 0. The van der Waals surface area contributed by atoms with Crippen molar-refractivity contribution in [2.45, 2.75) is 4.90 Å². The third-order valence-corrected chi connectivity index (χ3v) is 5.06. The van der Waals surface area contributed by atoms with Crippen LogP contribution in [0, 0.1) is 0 Å². The Morgan fingerprint density at radius 1 is 1.04 bits per heavy atom. The van der Waals surface area contributed by atoms with Crippen molar-refractivity contribution < 1.29 is 13.2 Å². The Balaban J connectivity index is 1.80. The number of sulfonamides is 1. The highest BCUT2D eigenvalue weighted by Gasteiger charge is 2.22. The van der Waals surface area contributed by atoms with Crippen LogP contribution >= 0.6 is 11.6 Å². The van der Waals surface area contributed by atoms with Gasteiger partial charge >= 0.3 is 6.03 Å². The molecule has 1 heterocycles. The largest absolute Gasteiger partial charge is 0.336 e. The monoisotopic (exact) mass is 351 g/mol. The zero-order chi connectivity index (χ0) is 16.4. The quantitative estimate of drug-likeness (QED) is 0.888. The molecule has 2 aromatic carbocycles. The van der Waals surface area contributed by atoms with Crippen LogP contribution in [0.5, 0.6) is 0 Å². The van der Waals surface area contributed by atoms with Crippen LogP contribution in [0.15, 0.2) is 53.4 Å². The number of halogens is 1. The number of anilines is 2. The summed E-state index contributed by atoms with van der Waals surface area (Å²) in [5.74, 6) is 0. The summed E-state index contributed by atoms with van der Waals surface area (Å²) in [6.45, 7) is 1.14. The molecule has 1 aliphatic rings. The molecule has 1 aliphatic heterocycles. The van der Waals surface area contributed by atoms with Crippen molar-refractivity contribution in [1.82, 2.24) is 5.32 Å². The van der Waals surface area contributed by atoms with Crippen LogP contribution < -0.4 is 14.9 Å². The Bertz CT molecular complexity index is 820. The number of hydrogen-bond acceptors (Lipinski definition) is 3. The molecule has 0 unspecified atom stereocenters. The molecule has 1 saturated heterocycles. The first kappa shape index (κ1) is 15.6. The molecule has 3 rings (SSSR count). The minimum absolute atomic E-state index is 0.121. The van der Waals surface area contributed by atoms with Gasteiger partial charge in [0.2, 0.25) is 0 Å². The minimum atomic E-state index is -3.69. The first-order valence-electron chi connectivity index (χ1n) is 6.89. The van der Waals surface area contributed by atoms with Crippen LogP contribution in [0.3, 0.4) is 0 Å². The maximum Gasteiger partial charge on any atom is 0.321 e. The Morgan fingerprint density at radius 2 is 1.70 bits per heavy atom. The zero-order valence-electron chi connectivity index (χ0n) is 12.0. The lowest BCUT2D eigenvalue weighted by molar-refractivity contribution is 0.252. The van der Waals surface area contributed by atoms with E-state index in [-0.39, 0.29) is 10.9 Å². The Hall–Kier alpha value is -2.25. The van der Waals surface area contributed by atoms with E-state index in [1.807, 2.05) is 0 Å². The average Bonchev–Trinajstić information content (AvgIpc) is 2.96. The van der Waals surface area contributed by atoms with Gasteiger partial charge in [-0.05, 0) is 48.5 Å². The number of nitrogens with one attached hydrogen (secondary N) is 2. The smallest absolute Gasteiger partial charge is 0.321 e. The lowest BCUT2D eigenvalue weighted by Gasteiger charge is -2.15. The Morgan fingerprint density at radius 3 is 2.26 bits per heavy atom. The highest BCUT2D eigenvalue weighted by molar-refractivity contribution is 7.92. The van der Waals surface area contributed by atoms with E-state index < -0.39 is 10.0 Å². The van der Waals surface area contributed by atoms with E-state index in [1.54, 1.807) is 41.3 Å². The lowest BCUT2D eigenvalue weighted by Crippen LogP contribution is -2.27. The zero-order valence-corrected chi connectivity index (χ0v) is 13.6. The molecular weight excluding hydrogens is 338 g/mol. The fourth-order valence-corrected chi connectivity index (χ4v) is 3.44. The van der Waals surface area contributed by atoms with E-state index >= 15 is 0 Å². The van der Waals surface area contributed by atoms with Crippen molar-refractivity contribution in [3.63, 3.8) is 0 Å². The van der Waals surface area contributed by atoms with Gasteiger partial charge in [-0.3, -0.25) is 9.62 Å². The molecule has 0 aromatic heterocycles. The molecule has 0 aliphatic carbocycles. The number of benzene rings is 2. The molecule has 1 fully saturated rings. The van der Waals surface area contributed by atoms with Gasteiger partial charge in [-0.1, -0.05) is 11.6 Å². The van der Waals surface area contributed by atoms with Crippen LogP contribution in [-0.2, 0) is 10.0 Å². The summed E-state index contributed by atoms with van der Waals surface area (Å²) in [7, 11) is -3.69. The second kappa shape index (κ2) is 6.10. The first-order valence-corrected chi connectivity index (χ1v) is 8.76. The number of carbonyl (C=O) groups is 1. The second-order valence-electron chi connectivity index (χ2n) is 4.99. The molecule has 0 bridgehead atoms. The topological polar surface area (TPSA) is 78.5 Å². The van der Waals surface area contributed by atoms with Gasteiger partial charge in [0.1, 0.15) is 0 Å². The van der Waals surface area contributed by atoms with Crippen molar-refractivity contribution in [3.05, 3.63) is 53.6 Å². The van der Waals surface area contributed by atoms with Crippen LogP contribution in [0.2, 0.25) is 5.02 Å². The SMILES string of the molecule is O=C1NCCN1c1ccc(S(=O)(=O)Nc2ccc(Cl)cc2)cc1. The molecule has 8 heteroatoms. The highest BCUT2D eigenvalue weighted by Crippen LogP contribution is 2.22. The fraction of sp³-hybridized carbons (Fsp3) is 0.133. The van der Waals surface area contributed by atoms with Gasteiger partial charge in [0.15, 0.2) is 0 Å². The lowest BCUT2D eigenvalue weighted by atomic mass is 10.3. The van der Waals surface area contributed by atoms with E-state index in [9.17, 15) is 13.2 Å². The van der Waals surface area contributed by atoms with Gasteiger partial charge in [0.25, 0.3) is 10.0 Å². The third kappa shape index (κ3) is 3.40. The standard InChI is InChI=1S/C15H14ClN3O3S/c16-11-1-3-12(4-2-11)18-23(21,22)14-7-5-13(6-8-14)19-10-9-17-15(19)20/h1-8,18H,9-10H2,(H,17,20). The fourth-order valence-electron chi connectivity index (χ4n) is 2.26. The van der Waals surface area contributed by atoms with Crippen LogP contribution in [-0.4, -0.2) is 27.5 Å². The average molecular weight is 352 g/mol. The highest BCUT2D eigenvalue weighted by atomic mass is 35.5. The van der Waals surface area contributed by atoms with Crippen molar-refractivity contribution in [2.75, 3.05) is 22.7 Å². The van der Waals surface area contributed by atoms with Gasteiger partial charge in [-0.25, -0.2) is 13.2 Å². The number of carbonyl (C=O) groups excluding carboxylic acids is 1. The summed E-state index contributed by atoms with van der Waals surface area (Å²) >= 11 is 5.78. The number of urea groups is 1. The molecule has 6 nitrogen and oxygen atoms in total. The van der Waals surface area contributed by atoms with Gasteiger partial charge in [0, 0.05) is 29.5 Å². The molecular formula is C15H14ClN3O3S. The van der Waals surface area contributed by atoms with Crippen molar-refractivity contribution in [1.29, 1.82) is 0 Å². The normalized spacial score (nSPS) is 14.7. The maximum atomic E-state index is 12.3. The first-order chi connectivity index (χ1) is 11.0. The molecule has 0 atom stereocenters. The van der Waals surface area contributed by atoms with E-state index in [1.165, 1.54) is 12.1 Å². The summed E-state index contributed by atoms with van der Waals surface area (Å²) in [4.78, 5) is 13.3. The van der Waals surface area contributed by atoms with E-state index in [4.69, 9.17) is 11.6 Å². The van der Waals surface area contributed by atoms with Crippen molar-refractivity contribution in [2.24, 2.45) is 0 Å². The molecule has 120 valence electrons. The van der Waals surface area contributed by atoms with Crippen LogP contribution in [0.4, 0.5) is 16.2 Å². The number of nitrogens with zero attached hydrogens (tertiary/aromatic N) is 1. The number of rotatable bonds is 4. The van der Waals surface area contributed by atoms with Gasteiger partial charge in [-0.2, -0.15) is 0 Å². The third-order valence-electron chi connectivity index (χ3n) is 3.41. The summed E-state index contributed by atoms with van der Waals surface area (Å²) in [5.41, 5.74) is 1.09. The number of amides is 2. The second-order valence-corrected chi connectivity index (χ2v) is 7.11. The van der Waals surface area contributed by atoms with Gasteiger partial charge in [0.05, 0.1) is 4.90 Å². The van der Waals surface area contributed by atoms with Crippen LogP contribution in [0.1, 0.15) is 0 Å². The van der Waals surface area contributed by atoms with E-state index in [0.717, 1.165) is 0 Å². The van der Waals surface area contributed by atoms with Crippen molar-refractivity contribution in [3.8, 4) is 0 Å². The maximum absolute atomic E-state index is 12.3. The van der Waals surface area contributed by atoms with Crippen LogP contribution in [0.25, 0.3) is 0 Å². The molecule has 0 saturated carbocycles. The van der Waals surface area contributed by atoms with Gasteiger partial charge in [-0.15, -0.1) is 0 Å². The molecule has 2 N–H and O–H groups in total. The Kier molecular flexibility index (Phi) is 4.14. The van der Waals surface area contributed by atoms with E-state index in [2.05, 4.69) is 10.0 Å². The predicted molar refractivity (Wildman–Crippen MR) is 89.4 cm³/mol. The summed E-state index contributed by atoms with van der Waals surface area (Å²) < 4.78 is 27.2. The molecule has 2 amide bonds. The van der Waals surface area contributed by atoms with E-state index in [0.29, 0.717) is 29.5 Å². The molecule has 23 heavy (non-hydrogen) atoms. The van der Waals surface area contributed by atoms with Gasteiger partial charge < -0.3 is 5.32 Å². The minimum Gasteiger partial charge on any atom is -0.336 e. The summed E-state index contributed by atoms with van der Waals surface area (Å²) in [5, 5.41) is 3.22. The predicted octanol–water partition coefficient (Wildman–Crippen LogP) is 2.67.